The molecule has 0 aromatic carbocycles. The average Bonchev–Trinajstić information content (AvgIpc) is 2.31. The second-order valence-electron chi connectivity index (χ2n) is 4.24. The van der Waals surface area contributed by atoms with Gasteiger partial charge in [0.2, 0.25) is 0 Å². The quantitative estimate of drug-likeness (QED) is 0.504. The Morgan fingerprint density at radius 1 is 1.56 bits per heavy atom. The van der Waals surface area contributed by atoms with E-state index in [1.165, 1.54) is 7.11 Å². The fraction of sp³-hybridized carbons (Fsp3) is 0.909. The summed E-state index contributed by atoms with van der Waals surface area (Å²) in [7, 11) is 3.09. The Bertz CT molecular complexity index is 235. The lowest BCUT2D eigenvalue weighted by atomic mass is 9.79. The van der Waals surface area contributed by atoms with Crippen molar-refractivity contribution in [3.05, 3.63) is 0 Å². The van der Waals surface area contributed by atoms with Crippen molar-refractivity contribution in [2.75, 3.05) is 40.5 Å². The highest BCUT2D eigenvalue weighted by Crippen LogP contribution is 2.25. The molecule has 0 aliphatic carbocycles. The van der Waals surface area contributed by atoms with E-state index in [2.05, 4.69) is 17.6 Å². The molecule has 1 aliphatic rings. The van der Waals surface area contributed by atoms with E-state index < -0.39 is 5.54 Å². The molecule has 0 radical (unpaired) electrons. The lowest BCUT2D eigenvalue weighted by Gasteiger charge is -2.41. The van der Waals surface area contributed by atoms with E-state index in [-0.39, 0.29) is 11.9 Å². The molecular weight excluding hydrogens is 208 g/mol. The fourth-order valence-electron chi connectivity index (χ4n) is 2.22. The molecule has 94 valence electrons. The van der Waals surface area contributed by atoms with Crippen molar-refractivity contribution in [1.29, 1.82) is 0 Å². The van der Waals surface area contributed by atoms with E-state index in [1.807, 2.05) is 0 Å². The van der Waals surface area contributed by atoms with Crippen LogP contribution in [0.2, 0.25) is 0 Å². The van der Waals surface area contributed by atoms with Gasteiger partial charge in [-0.1, -0.05) is 6.92 Å². The number of carbonyl (C=O) groups is 1. The summed E-state index contributed by atoms with van der Waals surface area (Å²) in [6.07, 6.45) is 0.755. The van der Waals surface area contributed by atoms with Crippen LogP contribution in [0, 0.1) is 5.92 Å². The highest BCUT2D eigenvalue weighted by molar-refractivity contribution is 5.81. The number of hydrogen-bond acceptors (Lipinski definition) is 5. The molecule has 2 unspecified atom stereocenters. The van der Waals surface area contributed by atoms with Crippen molar-refractivity contribution < 1.29 is 14.3 Å². The molecule has 1 fully saturated rings. The van der Waals surface area contributed by atoms with E-state index in [0.717, 1.165) is 19.5 Å². The molecule has 0 amide bonds. The molecule has 0 aromatic heterocycles. The minimum atomic E-state index is -0.557. The Morgan fingerprint density at radius 3 is 2.88 bits per heavy atom. The summed E-state index contributed by atoms with van der Waals surface area (Å²) in [6.45, 7) is 4.98. The van der Waals surface area contributed by atoms with Crippen LogP contribution in [0.25, 0.3) is 0 Å². The third-order valence-electron chi connectivity index (χ3n) is 3.28. The number of ether oxygens (including phenoxy) is 2. The molecule has 1 rings (SSSR count). The molecule has 0 bridgehead atoms. The molecule has 1 saturated heterocycles. The van der Waals surface area contributed by atoms with Crippen LogP contribution in [0.5, 0.6) is 0 Å². The maximum Gasteiger partial charge on any atom is 0.326 e. The Labute approximate surface area is 96.9 Å². The van der Waals surface area contributed by atoms with Crippen LogP contribution in [0.15, 0.2) is 0 Å². The summed E-state index contributed by atoms with van der Waals surface area (Å²) in [4.78, 5) is 11.9. The standard InChI is InChI=1S/C11H22N2O3/c1-9-8-12-5-4-11(9,10(14)16-3)13-6-7-15-2/h9,12-13H,4-8H2,1-3H3. The van der Waals surface area contributed by atoms with Gasteiger partial charge in [-0.3, -0.25) is 10.1 Å². The van der Waals surface area contributed by atoms with E-state index in [4.69, 9.17) is 9.47 Å². The predicted octanol–water partition coefficient (Wildman–Crippen LogP) is -0.236. The van der Waals surface area contributed by atoms with E-state index in [9.17, 15) is 4.79 Å². The van der Waals surface area contributed by atoms with Crippen molar-refractivity contribution in [3.63, 3.8) is 0 Å². The summed E-state index contributed by atoms with van der Waals surface area (Å²) in [5.74, 6) is 0.0446. The molecule has 5 nitrogen and oxygen atoms in total. The van der Waals surface area contributed by atoms with Crippen LogP contribution in [-0.2, 0) is 14.3 Å². The molecule has 16 heavy (non-hydrogen) atoms. The number of nitrogens with one attached hydrogen (secondary N) is 2. The normalized spacial score (nSPS) is 30.1. The Kier molecular flexibility index (Phi) is 5.18. The number of methoxy groups -OCH3 is 2. The van der Waals surface area contributed by atoms with Crippen molar-refractivity contribution in [2.24, 2.45) is 5.92 Å². The van der Waals surface area contributed by atoms with Gasteiger partial charge in [0, 0.05) is 20.2 Å². The zero-order valence-electron chi connectivity index (χ0n) is 10.3. The average molecular weight is 230 g/mol. The third-order valence-corrected chi connectivity index (χ3v) is 3.28. The maximum absolute atomic E-state index is 11.9. The molecule has 0 saturated carbocycles. The second kappa shape index (κ2) is 6.18. The molecular formula is C11H22N2O3. The lowest BCUT2D eigenvalue weighted by Crippen LogP contribution is -2.63. The highest BCUT2D eigenvalue weighted by atomic mass is 16.5. The van der Waals surface area contributed by atoms with Gasteiger partial charge in [0.05, 0.1) is 13.7 Å². The highest BCUT2D eigenvalue weighted by Gasteiger charge is 2.45. The Hall–Kier alpha value is -0.650. The van der Waals surface area contributed by atoms with Crippen LogP contribution in [0.1, 0.15) is 13.3 Å². The Morgan fingerprint density at radius 2 is 2.31 bits per heavy atom. The molecule has 0 spiro atoms. The number of esters is 1. The fourth-order valence-corrected chi connectivity index (χ4v) is 2.22. The Balaban J connectivity index is 2.70. The van der Waals surface area contributed by atoms with Gasteiger partial charge in [0.1, 0.15) is 5.54 Å². The van der Waals surface area contributed by atoms with Gasteiger partial charge in [-0.05, 0) is 18.9 Å². The van der Waals surface area contributed by atoms with Crippen molar-refractivity contribution in [3.8, 4) is 0 Å². The van der Waals surface area contributed by atoms with E-state index in [0.29, 0.717) is 13.2 Å². The first-order chi connectivity index (χ1) is 7.67. The van der Waals surface area contributed by atoms with Crippen molar-refractivity contribution >= 4 is 5.97 Å². The molecule has 2 atom stereocenters. The van der Waals surface area contributed by atoms with Gasteiger partial charge in [-0.15, -0.1) is 0 Å². The minimum absolute atomic E-state index is 0.169. The third kappa shape index (κ3) is 2.72. The largest absolute Gasteiger partial charge is 0.468 e. The molecule has 0 aromatic rings. The molecule has 2 N–H and O–H groups in total. The van der Waals surface area contributed by atoms with Gasteiger partial charge in [-0.25, -0.2) is 0 Å². The predicted molar refractivity (Wildman–Crippen MR) is 61.3 cm³/mol. The first-order valence-electron chi connectivity index (χ1n) is 5.70. The topological polar surface area (TPSA) is 59.6 Å². The minimum Gasteiger partial charge on any atom is -0.468 e. The lowest BCUT2D eigenvalue weighted by molar-refractivity contribution is -0.152. The van der Waals surface area contributed by atoms with Crippen LogP contribution in [0.4, 0.5) is 0 Å². The van der Waals surface area contributed by atoms with Gasteiger partial charge in [0.15, 0.2) is 0 Å². The molecule has 1 heterocycles. The first-order valence-corrected chi connectivity index (χ1v) is 5.70. The summed E-state index contributed by atoms with van der Waals surface area (Å²) >= 11 is 0. The summed E-state index contributed by atoms with van der Waals surface area (Å²) in [5, 5.41) is 6.58. The van der Waals surface area contributed by atoms with E-state index >= 15 is 0 Å². The van der Waals surface area contributed by atoms with Crippen molar-refractivity contribution in [2.45, 2.75) is 18.9 Å². The summed E-state index contributed by atoms with van der Waals surface area (Å²) < 4.78 is 9.92. The van der Waals surface area contributed by atoms with Crippen LogP contribution < -0.4 is 10.6 Å². The van der Waals surface area contributed by atoms with Crippen LogP contribution >= 0.6 is 0 Å². The van der Waals surface area contributed by atoms with Gasteiger partial charge in [0.25, 0.3) is 0 Å². The van der Waals surface area contributed by atoms with Gasteiger partial charge < -0.3 is 14.8 Å². The van der Waals surface area contributed by atoms with Gasteiger partial charge >= 0.3 is 5.97 Å². The number of piperidine rings is 1. The molecule has 1 aliphatic heterocycles. The first kappa shape index (κ1) is 13.4. The number of carbonyl (C=O) groups excluding carboxylic acids is 1. The smallest absolute Gasteiger partial charge is 0.326 e. The number of hydrogen-bond donors (Lipinski definition) is 2. The monoisotopic (exact) mass is 230 g/mol. The summed E-state index contributed by atoms with van der Waals surface area (Å²) in [6, 6.07) is 0. The van der Waals surface area contributed by atoms with Crippen LogP contribution in [-0.4, -0.2) is 52.0 Å². The zero-order valence-corrected chi connectivity index (χ0v) is 10.3. The number of rotatable bonds is 5. The maximum atomic E-state index is 11.9. The van der Waals surface area contributed by atoms with E-state index in [1.54, 1.807) is 7.11 Å². The zero-order chi connectivity index (χ0) is 12.0. The van der Waals surface area contributed by atoms with Crippen molar-refractivity contribution in [1.82, 2.24) is 10.6 Å². The SMILES string of the molecule is COCCNC1(C(=O)OC)CCNCC1C. The summed E-state index contributed by atoms with van der Waals surface area (Å²) in [5.41, 5.74) is -0.557. The molecule has 5 heteroatoms. The van der Waals surface area contributed by atoms with Crippen LogP contribution in [0.3, 0.4) is 0 Å². The second-order valence-corrected chi connectivity index (χ2v) is 4.24. The van der Waals surface area contributed by atoms with Gasteiger partial charge in [-0.2, -0.15) is 0 Å².